The molecule has 7 nitrogen and oxygen atoms in total. The minimum absolute atomic E-state index is 0.0883. The highest BCUT2D eigenvalue weighted by molar-refractivity contribution is 6.05. The second-order valence-electron chi connectivity index (χ2n) is 7.13. The second-order valence-corrected chi connectivity index (χ2v) is 7.13. The molecule has 3 aromatic rings. The van der Waals surface area contributed by atoms with Crippen molar-refractivity contribution in [3.8, 4) is 0 Å². The van der Waals surface area contributed by atoms with Crippen LogP contribution in [0.25, 0.3) is 11.0 Å². The van der Waals surface area contributed by atoms with Crippen molar-refractivity contribution in [1.29, 1.82) is 0 Å². The molecule has 7 heteroatoms. The molecule has 0 aliphatic heterocycles. The minimum atomic E-state index is -0.598. The van der Waals surface area contributed by atoms with Gasteiger partial charge in [-0.25, -0.2) is 4.79 Å². The van der Waals surface area contributed by atoms with Crippen LogP contribution in [0.3, 0.4) is 0 Å². The lowest BCUT2D eigenvalue weighted by molar-refractivity contribution is 0.0635. The predicted octanol–water partition coefficient (Wildman–Crippen LogP) is 4.39. The molecule has 144 valence electrons. The van der Waals surface area contributed by atoms with Gasteiger partial charge in [-0.3, -0.25) is 14.9 Å². The van der Waals surface area contributed by atoms with Crippen LogP contribution in [0, 0.1) is 0 Å². The number of carbonyl (C=O) groups is 2. The molecule has 0 unspecified atom stereocenters. The van der Waals surface area contributed by atoms with E-state index < -0.39 is 23.0 Å². The molecule has 3 rings (SSSR count). The van der Waals surface area contributed by atoms with Gasteiger partial charge < -0.3 is 14.5 Å². The molecule has 0 saturated carbocycles. The molecule has 2 aromatic carbocycles. The van der Waals surface area contributed by atoms with Crippen molar-refractivity contribution in [2.75, 3.05) is 10.6 Å². The zero-order valence-electron chi connectivity index (χ0n) is 15.7. The largest absolute Gasteiger partial charge is 0.463 e. The highest BCUT2D eigenvalue weighted by Crippen LogP contribution is 2.17. The quantitative estimate of drug-likeness (QED) is 0.702. The number of para-hydroxylation sites is 1. The van der Waals surface area contributed by atoms with Crippen LogP contribution in [0.5, 0.6) is 0 Å². The van der Waals surface area contributed by atoms with Gasteiger partial charge in [0.1, 0.15) is 23.0 Å². The minimum Gasteiger partial charge on any atom is -0.463 e. The van der Waals surface area contributed by atoms with Crippen LogP contribution in [-0.2, 0) is 4.74 Å². The molecule has 2 N–H and O–H groups in total. The fraction of sp³-hybridized carbons (Fsp3) is 0.190. The first kappa shape index (κ1) is 19.2. The molecule has 0 radical (unpaired) electrons. The first-order valence-electron chi connectivity index (χ1n) is 8.65. The Morgan fingerprint density at radius 3 is 2.18 bits per heavy atom. The van der Waals surface area contributed by atoms with Crippen LogP contribution < -0.4 is 16.1 Å². The summed E-state index contributed by atoms with van der Waals surface area (Å²) >= 11 is 0. The molecule has 0 saturated heterocycles. The Kier molecular flexibility index (Phi) is 5.17. The van der Waals surface area contributed by atoms with Crippen LogP contribution in [0.4, 0.5) is 16.2 Å². The van der Waals surface area contributed by atoms with Crippen molar-refractivity contribution in [2.24, 2.45) is 0 Å². The van der Waals surface area contributed by atoms with Gasteiger partial charge in [-0.05, 0) is 57.2 Å². The second kappa shape index (κ2) is 7.56. The van der Waals surface area contributed by atoms with E-state index in [4.69, 9.17) is 9.15 Å². The molecule has 1 heterocycles. The molecule has 2 amide bonds. The maximum Gasteiger partial charge on any atom is 0.412 e. The van der Waals surface area contributed by atoms with Crippen molar-refractivity contribution in [2.45, 2.75) is 26.4 Å². The van der Waals surface area contributed by atoms with Gasteiger partial charge in [0.15, 0.2) is 0 Å². The Balaban J connectivity index is 1.71. The number of hydrogen-bond acceptors (Lipinski definition) is 5. The fourth-order valence-electron chi connectivity index (χ4n) is 2.49. The van der Waals surface area contributed by atoms with Crippen LogP contribution in [-0.4, -0.2) is 17.6 Å². The number of fused-ring (bicyclic) bond motifs is 1. The first-order chi connectivity index (χ1) is 13.2. The standard InChI is InChI=1S/C21H20N2O5/c1-21(2,3)28-20(26)23-14-10-8-13(9-11-14)22-19(25)16-12-27-17-7-5-4-6-15(17)18(16)24/h4-12H,1-3H3,(H,22,25)(H,23,26). The summed E-state index contributed by atoms with van der Waals surface area (Å²) in [4.78, 5) is 36.7. The lowest BCUT2D eigenvalue weighted by Gasteiger charge is -2.19. The highest BCUT2D eigenvalue weighted by Gasteiger charge is 2.17. The zero-order valence-corrected chi connectivity index (χ0v) is 15.7. The van der Waals surface area contributed by atoms with Crippen LogP contribution in [0.2, 0.25) is 0 Å². The van der Waals surface area contributed by atoms with Crippen molar-refractivity contribution in [3.63, 3.8) is 0 Å². The van der Waals surface area contributed by atoms with Gasteiger partial charge in [0.05, 0.1) is 5.39 Å². The Labute approximate surface area is 161 Å². The SMILES string of the molecule is CC(C)(C)OC(=O)Nc1ccc(NC(=O)c2coc3ccccc3c2=O)cc1. The van der Waals surface area contributed by atoms with Gasteiger partial charge in [-0.15, -0.1) is 0 Å². The van der Waals surface area contributed by atoms with Crippen molar-refractivity contribution < 1.29 is 18.7 Å². The summed E-state index contributed by atoms with van der Waals surface area (Å²) in [6, 6.07) is 13.2. The van der Waals surface area contributed by atoms with Gasteiger partial charge in [0.25, 0.3) is 5.91 Å². The van der Waals surface area contributed by atoms with Gasteiger partial charge in [-0.1, -0.05) is 12.1 Å². The van der Waals surface area contributed by atoms with Crippen LogP contribution in [0.1, 0.15) is 31.1 Å². The Hall–Kier alpha value is -3.61. The van der Waals surface area contributed by atoms with Crippen molar-refractivity contribution in [1.82, 2.24) is 0 Å². The molecule has 0 fully saturated rings. The molecular formula is C21H20N2O5. The summed E-state index contributed by atoms with van der Waals surface area (Å²) in [6.07, 6.45) is 0.580. The van der Waals surface area contributed by atoms with Gasteiger partial charge in [-0.2, -0.15) is 0 Å². The van der Waals surface area contributed by atoms with E-state index in [1.165, 1.54) is 0 Å². The average Bonchev–Trinajstić information content (AvgIpc) is 2.62. The zero-order chi connectivity index (χ0) is 20.3. The van der Waals surface area contributed by atoms with E-state index in [0.29, 0.717) is 22.3 Å². The van der Waals surface area contributed by atoms with Crippen LogP contribution in [0.15, 0.2) is 64.0 Å². The highest BCUT2D eigenvalue weighted by atomic mass is 16.6. The molecule has 1 aromatic heterocycles. The first-order valence-corrected chi connectivity index (χ1v) is 8.65. The van der Waals surface area contributed by atoms with Crippen molar-refractivity contribution in [3.05, 3.63) is 70.6 Å². The molecule has 0 bridgehead atoms. The summed E-state index contributed by atoms with van der Waals surface area (Å²) in [5.41, 5.74) is 0.308. The Bertz CT molecular complexity index is 1080. The van der Waals surface area contributed by atoms with Gasteiger partial charge in [0.2, 0.25) is 5.43 Å². The number of ether oxygens (including phenoxy) is 1. The third-order valence-corrected chi connectivity index (χ3v) is 3.71. The number of hydrogen-bond donors (Lipinski definition) is 2. The predicted molar refractivity (Wildman–Crippen MR) is 107 cm³/mol. The van der Waals surface area contributed by atoms with E-state index in [0.717, 1.165) is 6.26 Å². The molecule has 0 aliphatic carbocycles. The number of nitrogens with one attached hydrogen (secondary N) is 2. The van der Waals surface area contributed by atoms with E-state index in [1.54, 1.807) is 69.3 Å². The summed E-state index contributed by atoms with van der Waals surface area (Å²) in [5.74, 6) is -0.577. The molecule has 28 heavy (non-hydrogen) atoms. The molecule has 0 spiro atoms. The molecule has 0 atom stereocenters. The molecule has 0 aliphatic rings. The van der Waals surface area contributed by atoms with Gasteiger partial charge >= 0.3 is 6.09 Å². The summed E-state index contributed by atoms with van der Waals surface area (Å²) in [6.45, 7) is 5.32. The normalized spacial score (nSPS) is 11.1. The van der Waals surface area contributed by atoms with E-state index in [9.17, 15) is 14.4 Å². The third-order valence-electron chi connectivity index (χ3n) is 3.71. The van der Waals surface area contributed by atoms with Crippen molar-refractivity contribution >= 4 is 34.3 Å². The fourth-order valence-corrected chi connectivity index (χ4v) is 2.49. The average molecular weight is 380 g/mol. The Morgan fingerprint density at radius 1 is 0.929 bits per heavy atom. The topological polar surface area (TPSA) is 97.6 Å². The summed E-state index contributed by atoms with van der Waals surface area (Å²) in [7, 11) is 0. The third kappa shape index (κ3) is 4.56. The lowest BCUT2D eigenvalue weighted by atomic mass is 10.1. The maximum absolute atomic E-state index is 12.5. The van der Waals surface area contributed by atoms with Gasteiger partial charge in [0, 0.05) is 11.4 Å². The number of amides is 2. The molecular weight excluding hydrogens is 360 g/mol. The van der Waals surface area contributed by atoms with E-state index in [-0.39, 0.29) is 5.56 Å². The monoisotopic (exact) mass is 380 g/mol. The Morgan fingerprint density at radius 2 is 1.54 bits per heavy atom. The number of anilines is 2. The van der Waals surface area contributed by atoms with E-state index in [2.05, 4.69) is 10.6 Å². The van der Waals surface area contributed by atoms with Crippen LogP contribution >= 0.6 is 0 Å². The number of benzene rings is 2. The maximum atomic E-state index is 12.5. The smallest absolute Gasteiger partial charge is 0.412 e. The van der Waals surface area contributed by atoms with E-state index in [1.807, 2.05) is 0 Å². The van der Waals surface area contributed by atoms with E-state index >= 15 is 0 Å². The number of carbonyl (C=O) groups excluding carboxylic acids is 2. The summed E-state index contributed by atoms with van der Waals surface area (Å²) in [5, 5.41) is 5.58. The lowest BCUT2D eigenvalue weighted by Crippen LogP contribution is -2.27. The summed E-state index contributed by atoms with van der Waals surface area (Å²) < 4.78 is 10.5. The number of rotatable bonds is 3.